The Morgan fingerprint density at radius 1 is 1.06 bits per heavy atom. The lowest BCUT2D eigenvalue weighted by Gasteiger charge is -2.40. The minimum atomic E-state index is -5.70. The standard InChI is InChI=1S/C10H10F6O/c11-9(12,13)8(17,10(14,15)16)7-4-5-1-2-6(7)3-5/h3,6-7,17H,1-2,4H2. The van der Waals surface area contributed by atoms with Gasteiger partial charge in [-0.15, -0.1) is 0 Å². The van der Waals surface area contributed by atoms with Gasteiger partial charge in [-0.25, -0.2) is 0 Å². The molecule has 17 heavy (non-hydrogen) atoms. The molecule has 2 bridgehead atoms. The number of aliphatic hydroxyl groups is 1. The molecule has 0 radical (unpaired) electrons. The summed E-state index contributed by atoms with van der Waals surface area (Å²) >= 11 is 0. The molecule has 1 nitrogen and oxygen atoms in total. The van der Waals surface area contributed by atoms with Gasteiger partial charge < -0.3 is 5.11 Å². The number of fused-ring (bicyclic) bond motifs is 1. The molecule has 7 heteroatoms. The predicted octanol–water partition coefficient (Wildman–Crippen LogP) is 3.20. The van der Waals surface area contributed by atoms with Crippen LogP contribution in [0.4, 0.5) is 26.3 Å². The molecule has 2 unspecified atom stereocenters. The topological polar surface area (TPSA) is 20.2 Å². The molecule has 0 heterocycles. The molecule has 2 atom stereocenters. The van der Waals surface area contributed by atoms with Gasteiger partial charge in [-0.2, -0.15) is 26.3 Å². The molecular formula is C10H10F6O. The number of alkyl halides is 6. The summed E-state index contributed by atoms with van der Waals surface area (Å²) in [5.74, 6) is -2.65. The molecule has 98 valence electrons. The van der Waals surface area contributed by atoms with Crippen molar-refractivity contribution in [1.29, 1.82) is 0 Å². The van der Waals surface area contributed by atoms with Gasteiger partial charge in [0.2, 0.25) is 0 Å². The first-order chi connectivity index (χ1) is 7.57. The van der Waals surface area contributed by atoms with E-state index in [0.29, 0.717) is 12.0 Å². The van der Waals surface area contributed by atoms with Crippen molar-refractivity contribution in [2.45, 2.75) is 37.2 Å². The van der Waals surface area contributed by atoms with E-state index in [0.717, 1.165) is 0 Å². The predicted molar refractivity (Wildman–Crippen MR) is 46.0 cm³/mol. The molecule has 0 saturated carbocycles. The van der Waals surface area contributed by atoms with Crippen LogP contribution >= 0.6 is 0 Å². The van der Waals surface area contributed by atoms with Crippen molar-refractivity contribution in [3.8, 4) is 0 Å². The Hall–Kier alpha value is -0.720. The van der Waals surface area contributed by atoms with Gasteiger partial charge in [0, 0.05) is 5.92 Å². The molecule has 0 saturated heterocycles. The summed E-state index contributed by atoms with van der Waals surface area (Å²) < 4.78 is 75.5. The summed E-state index contributed by atoms with van der Waals surface area (Å²) in [5.41, 5.74) is -4.00. The van der Waals surface area contributed by atoms with Crippen LogP contribution in [0.2, 0.25) is 0 Å². The fourth-order valence-corrected chi connectivity index (χ4v) is 2.78. The lowest BCUT2D eigenvalue weighted by molar-refractivity contribution is -0.387. The second kappa shape index (κ2) is 3.40. The van der Waals surface area contributed by atoms with Crippen molar-refractivity contribution in [2.24, 2.45) is 11.8 Å². The van der Waals surface area contributed by atoms with Crippen LogP contribution < -0.4 is 0 Å². The average Bonchev–Trinajstić information content (AvgIpc) is 2.73. The van der Waals surface area contributed by atoms with Crippen LogP contribution in [0.5, 0.6) is 0 Å². The minimum absolute atomic E-state index is 0.258. The molecule has 0 amide bonds. The van der Waals surface area contributed by atoms with Crippen LogP contribution in [-0.2, 0) is 0 Å². The molecule has 0 spiro atoms. The molecule has 2 aliphatic carbocycles. The Bertz CT molecular complexity index is 339. The largest absolute Gasteiger partial charge is 0.426 e. The van der Waals surface area contributed by atoms with Gasteiger partial charge in [0.15, 0.2) is 0 Å². The van der Waals surface area contributed by atoms with Gasteiger partial charge in [0.1, 0.15) is 0 Å². The van der Waals surface area contributed by atoms with Gasteiger partial charge in [0.05, 0.1) is 0 Å². The summed E-state index contributed by atoms with van der Waals surface area (Å²) in [6.07, 6.45) is -9.49. The Balaban J connectivity index is 2.36. The van der Waals surface area contributed by atoms with E-state index < -0.39 is 29.8 Å². The zero-order valence-electron chi connectivity index (χ0n) is 8.57. The quantitative estimate of drug-likeness (QED) is 0.567. The van der Waals surface area contributed by atoms with Crippen LogP contribution in [0.25, 0.3) is 0 Å². The fourth-order valence-electron chi connectivity index (χ4n) is 2.78. The molecule has 0 aromatic heterocycles. The Morgan fingerprint density at radius 2 is 1.59 bits per heavy atom. The maximum absolute atomic E-state index is 12.6. The number of hydrogen-bond acceptors (Lipinski definition) is 1. The highest BCUT2D eigenvalue weighted by molar-refractivity contribution is 5.24. The first-order valence-corrected chi connectivity index (χ1v) is 5.13. The Labute approximate surface area is 93.1 Å². The normalized spacial score (nSPS) is 29.7. The highest BCUT2D eigenvalue weighted by Crippen LogP contribution is 2.57. The van der Waals surface area contributed by atoms with E-state index in [4.69, 9.17) is 0 Å². The first kappa shape index (κ1) is 12.7. The van der Waals surface area contributed by atoms with Crippen LogP contribution in [0.15, 0.2) is 11.6 Å². The number of hydrogen-bond donors (Lipinski definition) is 1. The second-order valence-corrected chi connectivity index (χ2v) is 4.60. The summed E-state index contributed by atoms with van der Waals surface area (Å²) in [7, 11) is 0. The van der Waals surface area contributed by atoms with Crippen LogP contribution in [-0.4, -0.2) is 23.1 Å². The van der Waals surface area contributed by atoms with Gasteiger partial charge >= 0.3 is 12.4 Å². The summed E-state index contributed by atoms with van der Waals surface area (Å²) in [5, 5.41) is 9.22. The first-order valence-electron chi connectivity index (χ1n) is 5.13. The van der Waals surface area contributed by atoms with Gasteiger partial charge in [-0.05, 0) is 25.2 Å². The zero-order valence-corrected chi connectivity index (χ0v) is 8.57. The van der Waals surface area contributed by atoms with Crippen molar-refractivity contribution in [3.05, 3.63) is 11.6 Å². The summed E-state index contributed by atoms with van der Waals surface area (Å²) in [4.78, 5) is 0. The van der Waals surface area contributed by atoms with Crippen molar-refractivity contribution in [3.63, 3.8) is 0 Å². The summed E-state index contributed by atoms with van der Waals surface area (Å²) in [6.45, 7) is 0. The third kappa shape index (κ3) is 1.66. The maximum atomic E-state index is 12.6. The van der Waals surface area contributed by atoms with Crippen molar-refractivity contribution < 1.29 is 31.4 Å². The second-order valence-electron chi connectivity index (χ2n) is 4.60. The van der Waals surface area contributed by atoms with Crippen molar-refractivity contribution in [1.82, 2.24) is 0 Å². The fraction of sp³-hybridized carbons (Fsp3) is 0.800. The number of allylic oxidation sites excluding steroid dienone is 2. The average molecular weight is 260 g/mol. The third-order valence-corrected chi connectivity index (χ3v) is 3.65. The van der Waals surface area contributed by atoms with Gasteiger partial charge in [-0.1, -0.05) is 11.6 Å². The van der Waals surface area contributed by atoms with Crippen molar-refractivity contribution >= 4 is 0 Å². The van der Waals surface area contributed by atoms with E-state index in [9.17, 15) is 31.4 Å². The van der Waals surface area contributed by atoms with E-state index >= 15 is 0 Å². The highest BCUT2D eigenvalue weighted by atomic mass is 19.4. The number of halogens is 6. The molecule has 0 aromatic rings. The Kier molecular flexibility index (Phi) is 2.54. The van der Waals surface area contributed by atoms with E-state index in [-0.39, 0.29) is 12.8 Å². The molecule has 1 N–H and O–H groups in total. The Morgan fingerprint density at radius 3 is 1.88 bits per heavy atom. The molecule has 2 aliphatic rings. The molecule has 0 aromatic carbocycles. The van der Waals surface area contributed by atoms with Gasteiger partial charge in [0.25, 0.3) is 5.60 Å². The minimum Gasteiger partial charge on any atom is -0.373 e. The van der Waals surface area contributed by atoms with Crippen LogP contribution in [0.1, 0.15) is 19.3 Å². The number of rotatable bonds is 1. The smallest absolute Gasteiger partial charge is 0.373 e. The van der Waals surface area contributed by atoms with E-state index in [2.05, 4.69) is 0 Å². The van der Waals surface area contributed by atoms with Gasteiger partial charge in [-0.3, -0.25) is 0 Å². The summed E-state index contributed by atoms with van der Waals surface area (Å²) in [6, 6.07) is 0. The highest BCUT2D eigenvalue weighted by Gasteiger charge is 2.75. The SMILES string of the molecule is OC(C1CC2=CC1CC2)(C(F)(F)F)C(F)(F)F. The molecule has 0 fully saturated rings. The zero-order chi connectivity index (χ0) is 13.1. The van der Waals surface area contributed by atoms with E-state index in [1.54, 1.807) is 0 Å². The lowest BCUT2D eigenvalue weighted by atomic mass is 9.74. The van der Waals surface area contributed by atoms with E-state index in [1.807, 2.05) is 0 Å². The molecule has 2 rings (SSSR count). The monoisotopic (exact) mass is 260 g/mol. The van der Waals surface area contributed by atoms with Crippen LogP contribution in [0, 0.1) is 11.8 Å². The third-order valence-electron chi connectivity index (χ3n) is 3.65. The van der Waals surface area contributed by atoms with Crippen LogP contribution in [0.3, 0.4) is 0 Å². The molecule has 0 aliphatic heterocycles. The van der Waals surface area contributed by atoms with Crippen molar-refractivity contribution in [2.75, 3.05) is 0 Å². The lowest BCUT2D eigenvalue weighted by Crippen LogP contribution is -2.62. The van der Waals surface area contributed by atoms with E-state index in [1.165, 1.54) is 6.08 Å². The molecular weight excluding hydrogens is 250 g/mol. The maximum Gasteiger partial charge on any atom is 0.426 e.